The number of hydrogen-bond acceptors (Lipinski definition) is 4. The molecule has 2 atom stereocenters. The minimum atomic E-state index is -0.603. The largest absolute Gasteiger partial charge is 0.488 e. The third-order valence-electron chi connectivity index (χ3n) is 6.72. The van der Waals surface area contributed by atoms with Gasteiger partial charge in [0.25, 0.3) is 5.91 Å². The molecule has 0 saturated carbocycles. The van der Waals surface area contributed by atoms with Gasteiger partial charge < -0.3 is 20.3 Å². The van der Waals surface area contributed by atoms with Crippen molar-refractivity contribution in [3.8, 4) is 5.75 Å². The first kappa shape index (κ1) is 22.7. The van der Waals surface area contributed by atoms with Crippen molar-refractivity contribution in [2.75, 3.05) is 13.1 Å². The Balaban J connectivity index is 1.38. The second-order valence-electron chi connectivity index (χ2n) is 9.03. The third kappa shape index (κ3) is 4.75. The number of carbonyl (C=O) groups excluding carboxylic acids is 2. The lowest BCUT2D eigenvalue weighted by Crippen LogP contribution is -2.49. The lowest BCUT2D eigenvalue weighted by Gasteiger charge is -2.33. The molecule has 3 N–H and O–H groups in total. The Labute approximate surface area is 204 Å². The number of fused-ring (bicyclic) bond motifs is 1. The first-order valence-electron chi connectivity index (χ1n) is 11.8. The van der Waals surface area contributed by atoms with Crippen molar-refractivity contribution in [3.63, 3.8) is 0 Å². The predicted molar refractivity (Wildman–Crippen MR) is 133 cm³/mol. The van der Waals surface area contributed by atoms with Gasteiger partial charge in [0.15, 0.2) is 0 Å². The summed E-state index contributed by atoms with van der Waals surface area (Å²) >= 11 is 0. The van der Waals surface area contributed by atoms with E-state index >= 15 is 0 Å². The number of nitrogen functional groups attached to an aromatic ring is 1. The van der Waals surface area contributed by atoms with E-state index in [0.717, 1.165) is 12.0 Å². The number of carbonyl (C=O) groups is 2. The highest BCUT2D eigenvalue weighted by Gasteiger charge is 2.43. The molecule has 35 heavy (non-hydrogen) atoms. The highest BCUT2D eigenvalue weighted by Crippen LogP contribution is 2.28. The zero-order valence-electron chi connectivity index (χ0n) is 19.4. The highest BCUT2D eigenvalue weighted by atomic mass is 16.5. The Morgan fingerprint density at radius 3 is 2.40 bits per heavy atom. The van der Waals surface area contributed by atoms with Gasteiger partial charge in [-0.05, 0) is 41.8 Å². The molecule has 2 aliphatic rings. The summed E-state index contributed by atoms with van der Waals surface area (Å²) in [4.78, 5) is 30.7. The van der Waals surface area contributed by atoms with E-state index in [1.807, 2.05) is 35.2 Å². The smallest absolute Gasteiger partial charge is 0.254 e. The van der Waals surface area contributed by atoms with E-state index in [9.17, 15) is 9.59 Å². The van der Waals surface area contributed by atoms with Gasteiger partial charge in [0, 0.05) is 30.6 Å². The zero-order valence-corrected chi connectivity index (χ0v) is 19.4. The summed E-state index contributed by atoms with van der Waals surface area (Å²) in [6.45, 7) is 1.48. The molecule has 1 saturated heterocycles. The second-order valence-corrected chi connectivity index (χ2v) is 9.03. The lowest BCUT2D eigenvalue weighted by atomic mass is 9.99. The Morgan fingerprint density at radius 2 is 1.63 bits per heavy atom. The molecule has 3 aromatic rings. The van der Waals surface area contributed by atoms with Crippen molar-refractivity contribution in [3.05, 3.63) is 101 Å². The summed E-state index contributed by atoms with van der Waals surface area (Å²) in [5.41, 5.74) is 9.16. The van der Waals surface area contributed by atoms with Crippen molar-refractivity contribution in [1.82, 2.24) is 9.80 Å². The van der Waals surface area contributed by atoms with Crippen LogP contribution in [0.4, 0.5) is 0 Å². The quantitative estimate of drug-likeness (QED) is 0.444. The number of nitrogens with one attached hydrogen (secondary N) is 1. The highest BCUT2D eigenvalue weighted by molar-refractivity contribution is 5.98. The number of amidine groups is 1. The fraction of sp³-hybridized carbons (Fsp3) is 0.250. The van der Waals surface area contributed by atoms with Crippen molar-refractivity contribution in [1.29, 1.82) is 5.41 Å². The van der Waals surface area contributed by atoms with Crippen LogP contribution < -0.4 is 10.5 Å². The number of nitrogens with two attached hydrogens (primary N) is 1. The van der Waals surface area contributed by atoms with Gasteiger partial charge in [0.1, 0.15) is 23.7 Å². The number of rotatable bonds is 5. The number of likely N-dealkylation sites (tertiary alicyclic amines) is 1. The molecule has 7 nitrogen and oxygen atoms in total. The molecule has 1 fully saturated rings. The van der Waals surface area contributed by atoms with Crippen molar-refractivity contribution >= 4 is 17.6 Å². The molecular formula is C28H28N4O3. The molecule has 0 aromatic heterocycles. The molecule has 0 radical (unpaired) electrons. The van der Waals surface area contributed by atoms with Crippen LogP contribution in [0.15, 0.2) is 78.9 Å². The molecule has 2 aliphatic heterocycles. The van der Waals surface area contributed by atoms with Crippen LogP contribution in [0.2, 0.25) is 0 Å². The summed E-state index contributed by atoms with van der Waals surface area (Å²) in [6, 6.07) is 23.7. The molecular weight excluding hydrogens is 440 g/mol. The average Bonchev–Trinajstić information content (AvgIpc) is 3.31. The number of hydrogen-bond donors (Lipinski definition) is 2. The molecule has 7 heteroatoms. The maximum atomic E-state index is 13.7. The topological polar surface area (TPSA) is 99.7 Å². The molecule has 2 heterocycles. The van der Waals surface area contributed by atoms with Crippen LogP contribution in [-0.4, -0.2) is 52.7 Å². The second kappa shape index (κ2) is 9.62. The van der Waals surface area contributed by atoms with E-state index in [0.29, 0.717) is 42.9 Å². The van der Waals surface area contributed by atoms with Crippen LogP contribution in [0.5, 0.6) is 5.75 Å². The minimum Gasteiger partial charge on any atom is -0.488 e. The normalized spacial score (nSPS) is 19.2. The molecule has 0 spiro atoms. The van der Waals surface area contributed by atoms with Gasteiger partial charge in [-0.3, -0.25) is 15.0 Å². The summed E-state index contributed by atoms with van der Waals surface area (Å²) in [7, 11) is 0. The molecule has 0 unspecified atom stereocenters. The number of benzene rings is 3. The van der Waals surface area contributed by atoms with E-state index in [4.69, 9.17) is 15.9 Å². The average molecular weight is 469 g/mol. The summed E-state index contributed by atoms with van der Waals surface area (Å²) in [5.74, 6) is 0.299. The van der Waals surface area contributed by atoms with Crippen LogP contribution in [0.1, 0.15) is 33.5 Å². The molecule has 3 aromatic carbocycles. The number of ether oxygens (including phenoxy) is 1. The first-order valence-corrected chi connectivity index (χ1v) is 11.8. The van der Waals surface area contributed by atoms with E-state index in [1.54, 1.807) is 41.3 Å². The lowest BCUT2D eigenvalue weighted by molar-refractivity contribution is -0.136. The van der Waals surface area contributed by atoms with Crippen LogP contribution in [0.25, 0.3) is 0 Å². The SMILES string of the molecule is N=C(N)c1cccc(O[C@@H]2C[C@@H](C(=O)N3CCc4ccccc4C3)N(C(=O)c3ccccc3)C2)c1. The van der Waals surface area contributed by atoms with Crippen LogP contribution >= 0.6 is 0 Å². The monoisotopic (exact) mass is 468 g/mol. The minimum absolute atomic E-state index is 0.0406. The molecule has 5 rings (SSSR count). The maximum Gasteiger partial charge on any atom is 0.254 e. The van der Waals surface area contributed by atoms with Gasteiger partial charge in [-0.2, -0.15) is 0 Å². The summed E-state index contributed by atoms with van der Waals surface area (Å²) in [6.07, 6.45) is 0.856. The predicted octanol–water partition coefficient (Wildman–Crippen LogP) is 3.22. The maximum absolute atomic E-state index is 13.7. The molecule has 0 aliphatic carbocycles. The summed E-state index contributed by atoms with van der Waals surface area (Å²) in [5, 5.41) is 7.67. The van der Waals surface area contributed by atoms with E-state index in [-0.39, 0.29) is 23.8 Å². The summed E-state index contributed by atoms with van der Waals surface area (Å²) < 4.78 is 6.19. The van der Waals surface area contributed by atoms with Gasteiger partial charge in [-0.15, -0.1) is 0 Å². The first-order chi connectivity index (χ1) is 17.0. The van der Waals surface area contributed by atoms with Gasteiger partial charge in [-0.1, -0.05) is 54.6 Å². The van der Waals surface area contributed by atoms with Crippen LogP contribution in [0, 0.1) is 5.41 Å². The Hall–Kier alpha value is -4.13. The number of nitrogens with zero attached hydrogens (tertiary/aromatic N) is 2. The van der Waals surface area contributed by atoms with Gasteiger partial charge in [0.05, 0.1) is 6.54 Å². The van der Waals surface area contributed by atoms with Crippen LogP contribution in [-0.2, 0) is 17.8 Å². The Bertz CT molecular complexity index is 1260. The Morgan fingerprint density at radius 1 is 0.914 bits per heavy atom. The molecule has 178 valence electrons. The Kier molecular flexibility index (Phi) is 6.23. The van der Waals surface area contributed by atoms with Crippen molar-refractivity contribution < 1.29 is 14.3 Å². The fourth-order valence-electron chi connectivity index (χ4n) is 4.91. The van der Waals surface area contributed by atoms with E-state index in [1.165, 1.54) is 5.56 Å². The van der Waals surface area contributed by atoms with Crippen molar-refractivity contribution in [2.45, 2.75) is 31.5 Å². The van der Waals surface area contributed by atoms with E-state index in [2.05, 4.69) is 12.1 Å². The van der Waals surface area contributed by atoms with Gasteiger partial charge in [-0.25, -0.2) is 0 Å². The zero-order chi connectivity index (χ0) is 24.4. The van der Waals surface area contributed by atoms with Crippen LogP contribution in [0.3, 0.4) is 0 Å². The van der Waals surface area contributed by atoms with Crippen molar-refractivity contribution in [2.24, 2.45) is 5.73 Å². The molecule has 2 amide bonds. The third-order valence-corrected chi connectivity index (χ3v) is 6.72. The van der Waals surface area contributed by atoms with E-state index < -0.39 is 6.04 Å². The van der Waals surface area contributed by atoms with Gasteiger partial charge >= 0.3 is 0 Å². The molecule has 0 bridgehead atoms. The number of amides is 2. The van der Waals surface area contributed by atoms with Gasteiger partial charge in [0.2, 0.25) is 5.91 Å². The standard InChI is InChI=1S/C28H28N4O3/c29-26(30)21-11-6-12-23(15-21)35-24-16-25(32(18-24)27(33)20-8-2-1-3-9-20)28(34)31-14-13-19-7-4-5-10-22(19)17-31/h1-12,15,24-25H,13-14,16-18H2,(H3,29,30)/t24-,25+/m1/s1. The fourth-order valence-corrected chi connectivity index (χ4v) is 4.91.